The van der Waals surface area contributed by atoms with Crippen molar-refractivity contribution in [2.45, 2.75) is 32.4 Å². The highest BCUT2D eigenvalue weighted by Crippen LogP contribution is 2.28. The lowest BCUT2D eigenvalue weighted by atomic mass is 10.1. The average Bonchev–Trinajstić information content (AvgIpc) is 3.31. The minimum Gasteiger partial charge on any atom is -0.325 e. The number of hydrogen-bond acceptors (Lipinski definition) is 2. The van der Waals surface area contributed by atoms with E-state index in [-0.39, 0.29) is 11.7 Å². The van der Waals surface area contributed by atoms with Crippen LogP contribution in [0.3, 0.4) is 0 Å². The largest absolute Gasteiger partial charge is 0.325 e. The summed E-state index contributed by atoms with van der Waals surface area (Å²) in [5.41, 5.74) is 2.94. The molecule has 120 valence electrons. The van der Waals surface area contributed by atoms with Crippen LogP contribution in [-0.2, 0) is 11.3 Å². The maximum atomic E-state index is 13.2. The van der Waals surface area contributed by atoms with Crippen LogP contribution < -0.4 is 5.32 Å². The van der Waals surface area contributed by atoms with Gasteiger partial charge in [-0.15, -0.1) is 0 Å². The van der Waals surface area contributed by atoms with Gasteiger partial charge in [0.2, 0.25) is 5.91 Å². The van der Waals surface area contributed by atoms with Gasteiger partial charge in [0.25, 0.3) is 0 Å². The number of nitrogens with zero attached hydrogens (tertiary/aromatic N) is 1. The minimum absolute atomic E-state index is 0.102. The van der Waals surface area contributed by atoms with Gasteiger partial charge in [0.1, 0.15) is 5.82 Å². The summed E-state index contributed by atoms with van der Waals surface area (Å²) >= 11 is 0. The van der Waals surface area contributed by atoms with Crippen LogP contribution in [0.25, 0.3) is 0 Å². The first-order valence-corrected chi connectivity index (χ1v) is 7.95. The molecule has 0 atom stereocenters. The van der Waals surface area contributed by atoms with E-state index in [4.69, 9.17) is 0 Å². The van der Waals surface area contributed by atoms with E-state index < -0.39 is 0 Å². The second-order valence-corrected chi connectivity index (χ2v) is 6.18. The Balaban J connectivity index is 1.62. The van der Waals surface area contributed by atoms with Gasteiger partial charge in [-0.2, -0.15) is 0 Å². The minimum atomic E-state index is -0.346. The summed E-state index contributed by atoms with van der Waals surface area (Å²) in [5, 5.41) is 2.77. The lowest BCUT2D eigenvalue weighted by Crippen LogP contribution is -2.34. The number of benzene rings is 2. The Morgan fingerprint density at radius 2 is 2.00 bits per heavy atom. The molecule has 1 N–H and O–H groups in total. The van der Waals surface area contributed by atoms with Crippen LogP contribution in [0.1, 0.15) is 24.0 Å². The maximum Gasteiger partial charge on any atom is 0.238 e. The molecule has 1 fully saturated rings. The Bertz CT molecular complexity index is 697. The van der Waals surface area contributed by atoms with E-state index in [1.165, 1.54) is 23.3 Å². The summed E-state index contributed by atoms with van der Waals surface area (Å²) in [7, 11) is 0. The van der Waals surface area contributed by atoms with Crippen LogP contribution in [0.5, 0.6) is 0 Å². The third-order valence-electron chi connectivity index (χ3n) is 3.99. The Kier molecular flexibility index (Phi) is 4.72. The highest BCUT2D eigenvalue weighted by Gasteiger charge is 2.30. The highest BCUT2D eigenvalue weighted by molar-refractivity contribution is 5.92. The second-order valence-electron chi connectivity index (χ2n) is 6.18. The number of amides is 1. The van der Waals surface area contributed by atoms with E-state index in [2.05, 4.69) is 35.3 Å². The summed E-state index contributed by atoms with van der Waals surface area (Å²) in [4.78, 5) is 14.4. The van der Waals surface area contributed by atoms with Gasteiger partial charge in [-0.05, 0) is 43.5 Å². The molecule has 0 heterocycles. The molecule has 3 rings (SSSR count). The van der Waals surface area contributed by atoms with E-state index in [1.54, 1.807) is 12.1 Å². The first-order chi connectivity index (χ1) is 11.1. The molecular weight excluding hydrogens is 291 g/mol. The van der Waals surface area contributed by atoms with Gasteiger partial charge in [0, 0.05) is 18.3 Å². The molecule has 1 aliphatic carbocycles. The van der Waals surface area contributed by atoms with Gasteiger partial charge in [0.15, 0.2) is 0 Å². The molecule has 2 aromatic rings. The molecule has 0 aromatic heterocycles. The van der Waals surface area contributed by atoms with Gasteiger partial charge >= 0.3 is 0 Å². The van der Waals surface area contributed by atoms with Gasteiger partial charge in [-0.1, -0.05) is 35.9 Å². The van der Waals surface area contributed by atoms with Crippen molar-refractivity contribution in [3.8, 4) is 0 Å². The maximum absolute atomic E-state index is 13.2. The quantitative estimate of drug-likeness (QED) is 0.881. The molecule has 4 heteroatoms. The van der Waals surface area contributed by atoms with Crippen LogP contribution in [0, 0.1) is 12.7 Å². The van der Waals surface area contributed by atoms with Crippen molar-refractivity contribution in [2.75, 3.05) is 11.9 Å². The third kappa shape index (κ3) is 4.63. The van der Waals surface area contributed by atoms with E-state index in [0.29, 0.717) is 18.3 Å². The van der Waals surface area contributed by atoms with Crippen molar-refractivity contribution < 1.29 is 9.18 Å². The number of anilines is 1. The van der Waals surface area contributed by atoms with Crippen LogP contribution in [0.4, 0.5) is 10.1 Å². The Labute approximate surface area is 136 Å². The average molecular weight is 312 g/mol. The molecule has 0 saturated heterocycles. The van der Waals surface area contributed by atoms with Crippen molar-refractivity contribution in [3.63, 3.8) is 0 Å². The zero-order valence-electron chi connectivity index (χ0n) is 13.3. The topological polar surface area (TPSA) is 32.3 Å². The first kappa shape index (κ1) is 15.7. The Morgan fingerprint density at radius 3 is 2.70 bits per heavy atom. The van der Waals surface area contributed by atoms with Gasteiger partial charge in [-0.3, -0.25) is 9.69 Å². The predicted molar refractivity (Wildman–Crippen MR) is 89.6 cm³/mol. The summed E-state index contributed by atoms with van der Waals surface area (Å²) in [6, 6.07) is 14.8. The molecule has 1 aliphatic rings. The number of hydrogen-bond donors (Lipinski definition) is 1. The number of nitrogens with one attached hydrogen (secondary N) is 1. The van der Waals surface area contributed by atoms with Crippen LogP contribution >= 0.6 is 0 Å². The summed E-state index contributed by atoms with van der Waals surface area (Å²) in [6.07, 6.45) is 2.28. The molecule has 1 amide bonds. The number of rotatable bonds is 6. The van der Waals surface area contributed by atoms with E-state index in [0.717, 1.165) is 19.4 Å². The number of aryl methyl sites for hydroxylation is 1. The van der Waals surface area contributed by atoms with Crippen molar-refractivity contribution in [1.29, 1.82) is 0 Å². The number of carbonyl (C=O) groups is 1. The molecule has 2 aromatic carbocycles. The van der Waals surface area contributed by atoms with E-state index in [9.17, 15) is 9.18 Å². The molecule has 0 radical (unpaired) electrons. The number of carbonyl (C=O) groups excluding carboxylic acids is 1. The summed E-state index contributed by atoms with van der Waals surface area (Å²) in [5.74, 6) is -0.447. The molecule has 3 nitrogen and oxygen atoms in total. The summed E-state index contributed by atoms with van der Waals surface area (Å²) in [6.45, 7) is 3.17. The van der Waals surface area contributed by atoms with Crippen LogP contribution in [-0.4, -0.2) is 23.4 Å². The molecule has 0 unspecified atom stereocenters. The fraction of sp³-hybridized carbons (Fsp3) is 0.316. The lowest BCUT2D eigenvalue weighted by molar-refractivity contribution is -0.117. The monoisotopic (exact) mass is 312 g/mol. The predicted octanol–water partition coefficient (Wildman–Crippen LogP) is 3.74. The van der Waals surface area contributed by atoms with Crippen molar-refractivity contribution in [3.05, 3.63) is 65.5 Å². The van der Waals surface area contributed by atoms with Crippen LogP contribution in [0.15, 0.2) is 48.5 Å². The Hall–Kier alpha value is -2.20. The smallest absolute Gasteiger partial charge is 0.238 e. The zero-order chi connectivity index (χ0) is 16.2. The first-order valence-electron chi connectivity index (χ1n) is 7.95. The molecule has 1 saturated carbocycles. The standard InChI is InChI=1S/C19H21FN2O/c1-14-4-2-5-15(10-14)12-22(18-8-9-18)13-19(23)21-17-7-3-6-16(20)11-17/h2-7,10-11,18H,8-9,12-13H2,1H3,(H,21,23). The van der Waals surface area contributed by atoms with Gasteiger partial charge in [0.05, 0.1) is 6.54 Å². The molecule has 0 bridgehead atoms. The van der Waals surface area contributed by atoms with Crippen molar-refractivity contribution in [1.82, 2.24) is 4.90 Å². The molecular formula is C19H21FN2O. The normalized spacial score (nSPS) is 14.0. The van der Waals surface area contributed by atoms with Gasteiger partial charge < -0.3 is 5.32 Å². The van der Waals surface area contributed by atoms with E-state index >= 15 is 0 Å². The third-order valence-corrected chi connectivity index (χ3v) is 3.99. The van der Waals surface area contributed by atoms with Crippen LogP contribution in [0.2, 0.25) is 0 Å². The zero-order valence-corrected chi connectivity index (χ0v) is 13.3. The van der Waals surface area contributed by atoms with E-state index in [1.807, 2.05) is 6.07 Å². The Morgan fingerprint density at radius 1 is 1.22 bits per heavy atom. The fourth-order valence-corrected chi connectivity index (χ4v) is 2.75. The van der Waals surface area contributed by atoms with Crippen molar-refractivity contribution >= 4 is 11.6 Å². The molecule has 0 spiro atoms. The van der Waals surface area contributed by atoms with Gasteiger partial charge in [-0.25, -0.2) is 4.39 Å². The molecule has 23 heavy (non-hydrogen) atoms. The van der Waals surface area contributed by atoms with Crippen molar-refractivity contribution in [2.24, 2.45) is 0 Å². The second kappa shape index (κ2) is 6.92. The number of halogens is 1. The summed E-state index contributed by atoms with van der Waals surface area (Å²) < 4.78 is 13.2. The fourth-order valence-electron chi connectivity index (χ4n) is 2.75. The molecule has 0 aliphatic heterocycles. The SMILES string of the molecule is Cc1cccc(CN(CC(=O)Nc2cccc(F)c2)C2CC2)c1. The lowest BCUT2D eigenvalue weighted by Gasteiger charge is -2.21. The highest BCUT2D eigenvalue weighted by atomic mass is 19.1.